The maximum atomic E-state index is 13.0. The standard InChI is InChI=1S/C10H13FN2O2.ClH/c11-8-3-1-2-4-9(8)15-6-5-13-10(14)7-12;/h1-4H,5-7,12H2,(H,13,14);1H. The second kappa shape index (κ2) is 7.90. The molecular formula is C10H14ClFN2O2. The molecule has 3 N–H and O–H groups in total. The number of halogens is 2. The van der Waals surface area contributed by atoms with Crippen LogP contribution in [0.2, 0.25) is 0 Å². The van der Waals surface area contributed by atoms with Crippen LogP contribution in [0.15, 0.2) is 24.3 Å². The van der Waals surface area contributed by atoms with E-state index in [2.05, 4.69) is 5.32 Å². The van der Waals surface area contributed by atoms with Crippen molar-refractivity contribution in [1.29, 1.82) is 0 Å². The van der Waals surface area contributed by atoms with Gasteiger partial charge in [0.1, 0.15) is 6.61 Å². The zero-order valence-corrected chi connectivity index (χ0v) is 9.43. The highest BCUT2D eigenvalue weighted by atomic mass is 35.5. The van der Waals surface area contributed by atoms with Gasteiger partial charge in [0.05, 0.1) is 13.1 Å². The van der Waals surface area contributed by atoms with Crippen molar-refractivity contribution in [1.82, 2.24) is 5.32 Å². The molecule has 90 valence electrons. The third kappa shape index (κ3) is 4.95. The SMILES string of the molecule is Cl.NCC(=O)NCCOc1ccccc1F. The third-order valence-corrected chi connectivity index (χ3v) is 1.70. The van der Waals surface area contributed by atoms with Crippen molar-refractivity contribution in [3.63, 3.8) is 0 Å². The van der Waals surface area contributed by atoms with Crippen molar-refractivity contribution in [2.45, 2.75) is 0 Å². The molecule has 0 bridgehead atoms. The van der Waals surface area contributed by atoms with Crippen LogP contribution in [0.4, 0.5) is 4.39 Å². The molecule has 0 fully saturated rings. The molecule has 0 saturated carbocycles. The van der Waals surface area contributed by atoms with Gasteiger partial charge in [0.25, 0.3) is 0 Å². The van der Waals surface area contributed by atoms with Crippen molar-refractivity contribution in [3.05, 3.63) is 30.1 Å². The van der Waals surface area contributed by atoms with Crippen molar-refractivity contribution in [2.24, 2.45) is 5.73 Å². The van der Waals surface area contributed by atoms with E-state index in [-0.39, 0.29) is 37.2 Å². The minimum atomic E-state index is -0.414. The van der Waals surface area contributed by atoms with Gasteiger partial charge in [-0.25, -0.2) is 4.39 Å². The Morgan fingerprint density at radius 2 is 2.12 bits per heavy atom. The molecule has 0 aliphatic carbocycles. The summed E-state index contributed by atoms with van der Waals surface area (Å²) >= 11 is 0. The van der Waals surface area contributed by atoms with Crippen molar-refractivity contribution in [2.75, 3.05) is 19.7 Å². The minimum Gasteiger partial charge on any atom is -0.489 e. The molecule has 0 atom stereocenters. The quantitative estimate of drug-likeness (QED) is 0.754. The highest BCUT2D eigenvalue weighted by Gasteiger charge is 2.01. The lowest BCUT2D eigenvalue weighted by atomic mass is 10.3. The molecule has 0 aliphatic heterocycles. The smallest absolute Gasteiger partial charge is 0.233 e. The number of nitrogens with one attached hydrogen (secondary N) is 1. The zero-order valence-electron chi connectivity index (χ0n) is 8.61. The molecule has 0 spiro atoms. The van der Waals surface area contributed by atoms with Crippen LogP contribution in [0.25, 0.3) is 0 Å². The number of rotatable bonds is 5. The summed E-state index contributed by atoms with van der Waals surface area (Å²) in [7, 11) is 0. The molecule has 16 heavy (non-hydrogen) atoms. The molecule has 4 nitrogen and oxygen atoms in total. The second-order valence-electron chi connectivity index (χ2n) is 2.83. The van der Waals surface area contributed by atoms with E-state index < -0.39 is 5.82 Å². The summed E-state index contributed by atoms with van der Waals surface area (Å²) in [6.45, 7) is 0.469. The molecule has 0 unspecified atom stereocenters. The third-order valence-electron chi connectivity index (χ3n) is 1.70. The zero-order chi connectivity index (χ0) is 11.1. The first-order chi connectivity index (χ1) is 7.24. The van der Waals surface area contributed by atoms with Gasteiger partial charge < -0.3 is 15.8 Å². The van der Waals surface area contributed by atoms with E-state index in [1.165, 1.54) is 12.1 Å². The van der Waals surface area contributed by atoms with Gasteiger partial charge in [0, 0.05) is 0 Å². The van der Waals surface area contributed by atoms with Gasteiger partial charge in [0.15, 0.2) is 11.6 Å². The fourth-order valence-electron chi connectivity index (χ4n) is 0.985. The summed E-state index contributed by atoms with van der Waals surface area (Å²) in [5.74, 6) is -0.491. The Bertz CT molecular complexity index is 336. The first-order valence-corrected chi connectivity index (χ1v) is 4.58. The number of ether oxygens (including phenoxy) is 1. The van der Waals surface area contributed by atoms with E-state index >= 15 is 0 Å². The van der Waals surface area contributed by atoms with E-state index in [1.54, 1.807) is 12.1 Å². The van der Waals surface area contributed by atoms with E-state index in [9.17, 15) is 9.18 Å². The van der Waals surface area contributed by atoms with Gasteiger partial charge in [-0.2, -0.15) is 0 Å². The molecular weight excluding hydrogens is 235 g/mol. The Balaban J connectivity index is 0.00000225. The maximum Gasteiger partial charge on any atom is 0.233 e. The van der Waals surface area contributed by atoms with Crippen LogP contribution in [0.1, 0.15) is 0 Å². The van der Waals surface area contributed by atoms with Gasteiger partial charge in [-0.05, 0) is 12.1 Å². The number of carbonyl (C=O) groups excluding carboxylic acids is 1. The van der Waals surface area contributed by atoms with Crippen LogP contribution in [0.3, 0.4) is 0 Å². The first-order valence-electron chi connectivity index (χ1n) is 4.58. The summed E-state index contributed by atoms with van der Waals surface area (Å²) < 4.78 is 18.1. The van der Waals surface area contributed by atoms with Crippen molar-refractivity contribution in [3.8, 4) is 5.75 Å². The lowest BCUT2D eigenvalue weighted by molar-refractivity contribution is -0.119. The fourth-order valence-corrected chi connectivity index (χ4v) is 0.985. The number of amides is 1. The normalized spacial score (nSPS) is 9.12. The predicted octanol–water partition coefficient (Wildman–Crippen LogP) is 0.701. The minimum absolute atomic E-state index is 0. The van der Waals surface area contributed by atoms with Gasteiger partial charge in [-0.1, -0.05) is 12.1 Å². The molecule has 0 aliphatic rings. The van der Waals surface area contributed by atoms with E-state index in [4.69, 9.17) is 10.5 Å². The number of hydrogen-bond donors (Lipinski definition) is 2. The number of carbonyl (C=O) groups is 1. The van der Waals surface area contributed by atoms with E-state index in [0.29, 0.717) is 6.54 Å². The molecule has 0 aromatic heterocycles. The van der Waals surface area contributed by atoms with Gasteiger partial charge in [-0.3, -0.25) is 4.79 Å². The van der Waals surface area contributed by atoms with Crippen LogP contribution in [0, 0.1) is 5.82 Å². The lowest BCUT2D eigenvalue weighted by Crippen LogP contribution is -2.33. The van der Waals surface area contributed by atoms with E-state index in [1.807, 2.05) is 0 Å². The molecule has 0 saturated heterocycles. The van der Waals surface area contributed by atoms with Gasteiger partial charge in [0.2, 0.25) is 5.91 Å². The average Bonchev–Trinajstić information content (AvgIpc) is 2.26. The first kappa shape index (κ1) is 14.7. The molecule has 1 rings (SSSR count). The average molecular weight is 249 g/mol. The summed E-state index contributed by atoms with van der Waals surface area (Å²) in [5.41, 5.74) is 5.08. The molecule has 1 amide bonds. The lowest BCUT2D eigenvalue weighted by Gasteiger charge is -2.07. The maximum absolute atomic E-state index is 13.0. The Morgan fingerprint density at radius 1 is 1.44 bits per heavy atom. The molecule has 0 radical (unpaired) electrons. The summed E-state index contributed by atoms with van der Waals surface area (Å²) in [6.07, 6.45) is 0. The Morgan fingerprint density at radius 3 is 2.75 bits per heavy atom. The van der Waals surface area contributed by atoms with Crippen LogP contribution in [0.5, 0.6) is 5.75 Å². The Labute approximate surface area is 99.4 Å². The number of hydrogen-bond acceptors (Lipinski definition) is 3. The fraction of sp³-hybridized carbons (Fsp3) is 0.300. The van der Waals surface area contributed by atoms with Crippen LogP contribution in [-0.4, -0.2) is 25.6 Å². The summed E-state index contributed by atoms with van der Waals surface area (Å²) in [6, 6.07) is 6.10. The highest BCUT2D eigenvalue weighted by Crippen LogP contribution is 2.14. The largest absolute Gasteiger partial charge is 0.489 e. The molecule has 0 heterocycles. The van der Waals surface area contributed by atoms with Crippen LogP contribution >= 0.6 is 12.4 Å². The summed E-state index contributed by atoms with van der Waals surface area (Å²) in [5, 5.41) is 2.51. The molecule has 1 aromatic rings. The predicted molar refractivity (Wildman–Crippen MR) is 61.2 cm³/mol. The molecule has 6 heteroatoms. The van der Waals surface area contributed by atoms with Crippen LogP contribution in [-0.2, 0) is 4.79 Å². The highest BCUT2D eigenvalue weighted by molar-refractivity contribution is 5.85. The van der Waals surface area contributed by atoms with Gasteiger partial charge in [-0.15, -0.1) is 12.4 Å². The summed E-state index contributed by atoms with van der Waals surface area (Å²) in [4.78, 5) is 10.7. The van der Waals surface area contributed by atoms with Gasteiger partial charge >= 0.3 is 0 Å². The van der Waals surface area contributed by atoms with Crippen molar-refractivity contribution >= 4 is 18.3 Å². The molecule has 1 aromatic carbocycles. The second-order valence-corrected chi connectivity index (χ2v) is 2.83. The van der Waals surface area contributed by atoms with Crippen LogP contribution < -0.4 is 15.8 Å². The topological polar surface area (TPSA) is 64.4 Å². The Kier molecular flexibility index (Phi) is 7.24. The Hall–Kier alpha value is -1.33. The van der Waals surface area contributed by atoms with Crippen molar-refractivity contribution < 1.29 is 13.9 Å². The number of para-hydroxylation sites is 1. The monoisotopic (exact) mass is 248 g/mol. The van der Waals surface area contributed by atoms with E-state index in [0.717, 1.165) is 0 Å². The number of benzene rings is 1. The number of nitrogens with two attached hydrogens (primary N) is 1.